The van der Waals surface area contributed by atoms with E-state index in [0.29, 0.717) is 0 Å². The van der Waals surface area contributed by atoms with Crippen LogP contribution in [-0.2, 0) is 0 Å². The minimum atomic E-state index is -0.980. The Balaban J connectivity index is 3.27. The fraction of sp³-hybridized carbons (Fsp3) is 0.222. The Morgan fingerprint density at radius 3 is 2.44 bits per heavy atom. The van der Waals surface area contributed by atoms with Crippen LogP contribution in [0.2, 0.25) is 0 Å². The van der Waals surface area contributed by atoms with E-state index in [9.17, 15) is 25.0 Å². The Labute approximate surface area is 100 Å². The van der Waals surface area contributed by atoms with Gasteiger partial charge in [0, 0.05) is 12.6 Å². The zero-order valence-corrected chi connectivity index (χ0v) is 9.03. The Morgan fingerprint density at radius 2 is 1.94 bits per heavy atom. The zero-order chi connectivity index (χ0) is 13.7. The lowest BCUT2D eigenvalue weighted by Gasteiger charge is -2.04. The van der Waals surface area contributed by atoms with Crippen molar-refractivity contribution in [2.24, 2.45) is 0 Å². The molecule has 0 aliphatic heterocycles. The van der Waals surface area contributed by atoms with Crippen molar-refractivity contribution in [1.82, 2.24) is 5.32 Å². The van der Waals surface area contributed by atoms with Crippen LogP contribution in [0, 0.1) is 20.2 Å². The summed E-state index contributed by atoms with van der Waals surface area (Å²) in [4.78, 5) is 31.1. The molecule has 0 atom stereocenters. The lowest BCUT2D eigenvalue weighted by molar-refractivity contribution is -0.422. The number of nitro groups is 2. The van der Waals surface area contributed by atoms with Crippen molar-refractivity contribution in [1.29, 1.82) is 0 Å². The summed E-state index contributed by atoms with van der Waals surface area (Å²) in [6.07, 6.45) is 0. The number of hydrogen-bond acceptors (Lipinski definition) is 6. The number of aliphatic hydroxyl groups is 1. The molecule has 96 valence electrons. The first kappa shape index (κ1) is 13.5. The average molecular weight is 255 g/mol. The Kier molecular flexibility index (Phi) is 4.27. The summed E-state index contributed by atoms with van der Waals surface area (Å²) in [5, 5.41) is 32.2. The van der Waals surface area contributed by atoms with Gasteiger partial charge >= 0.3 is 11.4 Å². The molecule has 0 saturated heterocycles. The monoisotopic (exact) mass is 255 g/mol. The number of rotatable bonds is 5. The van der Waals surface area contributed by atoms with Crippen LogP contribution in [0.5, 0.6) is 0 Å². The van der Waals surface area contributed by atoms with Gasteiger partial charge in [-0.1, -0.05) is 6.07 Å². The molecule has 2 N–H and O–H groups in total. The molecule has 0 heterocycles. The molecule has 0 spiro atoms. The maximum Gasteiger partial charge on any atom is 0.358 e. The highest BCUT2D eigenvalue weighted by Gasteiger charge is 2.31. The fourth-order valence-electron chi connectivity index (χ4n) is 1.32. The molecule has 9 nitrogen and oxygen atoms in total. The maximum atomic E-state index is 11.6. The van der Waals surface area contributed by atoms with Crippen LogP contribution >= 0.6 is 0 Å². The lowest BCUT2D eigenvalue weighted by Crippen LogP contribution is -2.27. The van der Waals surface area contributed by atoms with E-state index in [1.807, 2.05) is 0 Å². The SMILES string of the molecule is O=C(NCCO)c1cccc([N+](=O)[O-])c1[N+](=O)[O-]. The number of carbonyl (C=O) groups excluding carboxylic acids is 1. The van der Waals surface area contributed by atoms with Crippen LogP contribution in [-0.4, -0.2) is 34.0 Å². The number of nitrogens with zero attached hydrogens (tertiary/aromatic N) is 2. The van der Waals surface area contributed by atoms with E-state index in [1.165, 1.54) is 6.07 Å². The fourth-order valence-corrected chi connectivity index (χ4v) is 1.32. The van der Waals surface area contributed by atoms with E-state index in [2.05, 4.69) is 5.32 Å². The van der Waals surface area contributed by atoms with Gasteiger partial charge in [-0.2, -0.15) is 0 Å². The van der Waals surface area contributed by atoms with Gasteiger partial charge in [0.2, 0.25) is 0 Å². The van der Waals surface area contributed by atoms with E-state index in [1.54, 1.807) is 0 Å². The van der Waals surface area contributed by atoms with Crippen LogP contribution in [0.25, 0.3) is 0 Å². The molecule has 0 radical (unpaired) electrons. The minimum absolute atomic E-state index is 0.0985. The van der Waals surface area contributed by atoms with Gasteiger partial charge < -0.3 is 10.4 Å². The number of nitro benzene ring substituents is 2. The molecule has 1 aromatic carbocycles. The van der Waals surface area contributed by atoms with Gasteiger partial charge in [-0.3, -0.25) is 25.0 Å². The third-order valence-corrected chi connectivity index (χ3v) is 2.04. The summed E-state index contributed by atoms with van der Waals surface area (Å²) in [6, 6.07) is 3.23. The van der Waals surface area contributed by atoms with Gasteiger partial charge in [0.15, 0.2) is 0 Å². The van der Waals surface area contributed by atoms with E-state index in [-0.39, 0.29) is 13.2 Å². The van der Waals surface area contributed by atoms with Crippen LogP contribution in [0.3, 0.4) is 0 Å². The third kappa shape index (κ3) is 2.77. The van der Waals surface area contributed by atoms with Crippen molar-refractivity contribution >= 4 is 17.3 Å². The third-order valence-electron chi connectivity index (χ3n) is 2.04. The molecular weight excluding hydrogens is 246 g/mol. The number of nitrogens with one attached hydrogen (secondary N) is 1. The molecule has 1 rings (SSSR count). The summed E-state index contributed by atoms with van der Waals surface area (Å²) < 4.78 is 0. The summed E-state index contributed by atoms with van der Waals surface area (Å²) in [7, 11) is 0. The molecule has 0 unspecified atom stereocenters. The second-order valence-corrected chi connectivity index (χ2v) is 3.17. The van der Waals surface area contributed by atoms with Crippen molar-refractivity contribution in [3.05, 3.63) is 44.0 Å². The number of aliphatic hydroxyl groups excluding tert-OH is 1. The van der Waals surface area contributed by atoms with Crippen LogP contribution in [0.1, 0.15) is 10.4 Å². The van der Waals surface area contributed by atoms with Crippen molar-refractivity contribution in [2.45, 2.75) is 0 Å². The summed E-state index contributed by atoms with van der Waals surface area (Å²) in [6.45, 7) is -0.437. The normalized spacial score (nSPS) is 9.83. The molecule has 0 aromatic heterocycles. The molecular formula is C9H9N3O6. The van der Waals surface area contributed by atoms with Gasteiger partial charge in [0.25, 0.3) is 5.91 Å². The van der Waals surface area contributed by atoms with Crippen LogP contribution < -0.4 is 5.32 Å². The molecule has 0 bridgehead atoms. The molecule has 18 heavy (non-hydrogen) atoms. The zero-order valence-electron chi connectivity index (χ0n) is 9.03. The van der Waals surface area contributed by atoms with Crippen molar-refractivity contribution in [3.8, 4) is 0 Å². The smallest absolute Gasteiger partial charge is 0.358 e. The highest BCUT2D eigenvalue weighted by atomic mass is 16.6. The predicted octanol–water partition coefficient (Wildman–Crippen LogP) is 0.225. The van der Waals surface area contributed by atoms with Crippen molar-refractivity contribution < 1.29 is 19.7 Å². The first-order chi connectivity index (χ1) is 8.49. The van der Waals surface area contributed by atoms with Crippen molar-refractivity contribution in [2.75, 3.05) is 13.2 Å². The number of benzene rings is 1. The second-order valence-electron chi connectivity index (χ2n) is 3.17. The number of amides is 1. The predicted molar refractivity (Wildman–Crippen MR) is 59.2 cm³/mol. The largest absolute Gasteiger partial charge is 0.395 e. The van der Waals surface area contributed by atoms with Crippen LogP contribution in [0.4, 0.5) is 11.4 Å². The Bertz CT molecular complexity index is 501. The Hall–Kier alpha value is -2.55. The topological polar surface area (TPSA) is 136 Å². The first-order valence-electron chi connectivity index (χ1n) is 4.80. The Morgan fingerprint density at radius 1 is 1.28 bits per heavy atom. The van der Waals surface area contributed by atoms with Gasteiger partial charge in [-0.25, -0.2) is 0 Å². The quantitative estimate of drug-likeness (QED) is 0.570. The van der Waals surface area contributed by atoms with Crippen molar-refractivity contribution in [3.63, 3.8) is 0 Å². The molecule has 0 fully saturated rings. The minimum Gasteiger partial charge on any atom is -0.395 e. The van der Waals surface area contributed by atoms with E-state index in [0.717, 1.165) is 12.1 Å². The second kappa shape index (κ2) is 5.68. The molecule has 0 aliphatic rings. The van der Waals surface area contributed by atoms with E-state index >= 15 is 0 Å². The highest BCUT2D eigenvalue weighted by molar-refractivity contribution is 5.99. The summed E-state index contributed by atoms with van der Waals surface area (Å²) >= 11 is 0. The average Bonchev–Trinajstić information content (AvgIpc) is 2.34. The van der Waals surface area contributed by atoms with Gasteiger partial charge in [-0.05, 0) is 6.07 Å². The van der Waals surface area contributed by atoms with Gasteiger partial charge in [0.1, 0.15) is 5.56 Å². The van der Waals surface area contributed by atoms with Gasteiger partial charge in [0.05, 0.1) is 16.5 Å². The molecule has 1 aromatic rings. The lowest BCUT2D eigenvalue weighted by atomic mass is 10.1. The summed E-state index contributed by atoms with van der Waals surface area (Å²) in [5.74, 6) is -0.848. The van der Waals surface area contributed by atoms with E-state index in [4.69, 9.17) is 5.11 Å². The number of hydrogen-bond donors (Lipinski definition) is 2. The van der Waals surface area contributed by atoms with Gasteiger partial charge in [-0.15, -0.1) is 0 Å². The molecule has 0 saturated carbocycles. The summed E-state index contributed by atoms with van der Waals surface area (Å²) in [5.41, 5.74) is -2.03. The standard InChI is InChI=1S/C9H9N3O6/c13-5-4-10-9(14)6-2-1-3-7(11(15)16)8(6)12(17)18/h1-3,13H,4-5H2,(H,10,14). The highest BCUT2D eigenvalue weighted by Crippen LogP contribution is 2.30. The van der Waals surface area contributed by atoms with E-state index < -0.39 is 32.7 Å². The maximum absolute atomic E-state index is 11.6. The molecule has 0 aliphatic carbocycles. The molecule has 1 amide bonds. The number of carbonyl (C=O) groups is 1. The number of para-hydroxylation sites is 1. The first-order valence-corrected chi connectivity index (χ1v) is 4.80. The molecule has 9 heteroatoms. The van der Waals surface area contributed by atoms with Crippen LogP contribution in [0.15, 0.2) is 18.2 Å².